The SMILES string of the molecule is O=C(C1CC=CC1)N1CCC(c2ccc(F)cc2)C1. The predicted octanol–water partition coefficient (Wildman–Crippen LogP) is 3.11. The average molecular weight is 259 g/mol. The number of allylic oxidation sites excluding steroid dienone is 2. The summed E-state index contributed by atoms with van der Waals surface area (Å²) in [6, 6.07) is 6.68. The molecule has 1 amide bonds. The highest BCUT2D eigenvalue weighted by molar-refractivity contribution is 5.80. The van der Waals surface area contributed by atoms with Gasteiger partial charge in [-0.1, -0.05) is 24.3 Å². The molecule has 1 aliphatic heterocycles. The highest BCUT2D eigenvalue weighted by Gasteiger charge is 2.31. The summed E-state index contributed by atoms with van der Waals surface area (Å²) in [6.07, 6.45) is 6.94. The van der Waals surface area contributed by atoms with Gasteiger partial charge in [0.25, 0.3) is 0 Å². The van der Waals surface area contributed by atoms with Crippen LogP contribution in [0.1, 0.15) is 30.7 Å². The van der Waals surface area contributed by atoms with E-state index in [1.54, 1.807) is 0 Å². The molecule has 19 heavy (non-hydrogen) atoms. The summed E-state index contributed by atoms with van der Waals surface area (Å²) in [7, 11) is 0. The highest BCUT2D eigenvalue weighted by atomic mass is 19.1. The number of amides is 1. The molecule has 1 atom stereocenters. The van der Waals surface area contributed by atoms with Gasteiger partial charge in [0.1, 0.15) is 5.82 Å². The predicted molar refractivity (Wildman–Crippen MR) is 72.2 cm³/mol. The van der Waals surface area contributed by atoms with Crippen LogP contribution in [0.15, 0.2) is 36.4 Å². The molecular formula is C16H18FNO. The lowest BCUT2D eigenvalue weighted by molar-refractivity contribution is -0.134. The van der Waals surface area contributed by atoms with E-state index in [0.29, 0.717) is 5.92 Å². The minimum Gasteiger partial charge on any atom is -0.342 e. The molecule has 1 unspecified atom stereocenters. The van der Waals surface area contributed by atoms with Gasteiger partial charge in [0, 0.05) is 24.9 Å². The van der Waals surface area contributed by atoms with Crippen LogP contribution in [0.3, 0.4) is 0 Å². The van der Waals surface area contributed by atoms with Crippen molar-refractivity contribution in [3.05, 3.63) is 47.8 Å². The van der Waals surface area contributed by atoms with Crippen LogP contribution in [-0.4, -0.2) is 23.9 Å². The fraction of sp³-hybridized carbons (Fsp3) is 0.438. The van der Waals surface area contributed by atoms with Crippen molar-refractivity contribution in [1.82, 2.24) is 4.90 Å². The maximum atomic E-state index is 12.9. The Labute approximate surface area is 112 Å². The molecule has 1 aliphatic carbocycles. The number of likely N-dealkylation sites (tertiary alicyclic amines) is 1. The number of nitrogens with zero attached hydrogens (tertiary/aromatic N) is 1. The molecule has 0 spiro atoms. The second kappa shape index (κ2) is 5.16. The monoisotopic (exact) mass is 259 g/mol. The zero-order chi connectivity index (χ0) is 13.2. The second-order valence-corrected chi connectivity index (χ2v) is 5.46. The summed E-state index contributed by atoms with van der Waals surface area (Å²) in [6.45, 7) is 1.61. The van der Waals surface area contributed by atoms with Crippen LogP contribution in [0.4, 0.5) is 4.39 Å². The van der Waals surface area contributed by atoms with E-state index >= 15 is 0 Å². The molecule has 0 bridgehead atoms. The van der Waals surface area contributed by atoms with Gasteiger partial charge in [-0.05, 0) is 37.0 Å². The minimum atomic E-state index is -0.202. The van der Waals surface area contributed by atoms with Crippen molar-refractivity contribution in [2.24, 2.45) is 5.92 Å². The molecule has 2 nitrogen and oxygen atoms in total. The van der Waals surface area contributed by atoms with E-state index in [1.165, 1.54) is 12.1 Å². The van der Waals surface area contributed by atoms with Crippen molar-refractivity contribution in [1.29, 1.82) is 0 Å². The van der Waals surface area contributed by atoms with E-state index in [2.05, 4.69) is 12.2 Å². The highest BCUT2D eigenvalue weighted by Crippen LogP contribution is 2.30. The summed E-state index contributed by atoms with van der Waals surface area (Å²) in [5.41, 5.74) is 1.14. The van der Waals surface area contributed by atoms with Gasteiger partial charge in [-0.25, -0.2) is 4.39 Å². The maximum absolute atomic E-state index is 12.9. The van der Waals surface area contributed by atoms with Crippen LogP contribution >= 0.6 is 0 Å². The fourth-order valence-corrected chi connectivity index (χ4v) is 3.04. The number of hydrogen-bond donors (Lipinski definition) is 0. The van der Waals surface area contributed by atoms with Crippen LogP contribution < -0.4 is 0 Å². The third kappa shape index (κ3) is 2.55. The molecule has 3 rings (SSSR count). The molecular weight excluding hydrogens is 241 g/mol. The molecule has 1 aromatic rings. The number of carbonyl (C=O) groups excluding carboxylic acids is 1. The van der Waals surface area contributed by atoms with E-state index in [4.69, 9.17) is 0 Å². The summed E-state index contributed by atoms with van der Waals surface area (Å²) in [5.74, 6) is 0.604. The Morgan fingerprint density at radius 3 is 2.53 bits per heavy atom. The Kier molecular flexibility index (Phi) is 3.36. The van der Waals surface area contributed by atoms with Gasteiger partial charge in [0.2, 0.25) is 5.91 Å². The summed E-state index contributed by atoms with van der Waals surface area (Å²) in [5, 5.41) is 0. The Morgan fingerprint density at radius 1 is 1.16 bits per heavy atom. The average Bonchev–Trinajstić information content (AvgIpc) is 3.10. The summed E-state index contributed by atoms with van der Waals surface area (Å²) < 4.78 is 12.9. The number of halogens is 1. The van der Waals surface area contributed by atoms with Crippen molar-refractivity contribution in [2.45, 2.75) is 25.2 Å². The quantitative estimate of drug-likeness (QED) is 0.747. The van der Waals surface area contributed by atoms with Crippen molar-refractivity contribution >= 4 is 5.91 Å². The molecule has 3 heteroatoms. The first kappa shape index (κ1) is 12.4. The van der Waals surface area contributed by atoms with Crippen molar-refractivity contribution in [2.75, 3.05) is 13.1 Å². The van der Waals surface area contributed by atoms with E-state index in [-0.39, 0.29) is 17.6 Å². The zero-order valence-corrected chi connectivity index (χ0v) is 10.9. The van der Waals surface area contributed by atoms with Crippen LogP contribution in [0.2, 0.25) is 0 Å². The van der Waals surface area contributed by atoms with E-state index < -0.39 is 0 Å². The third-order valence-corrected chi connectivity index (χ3v) is 4.20. The first-order valence-electron chi connectivity index (χ1n) is 6.93. The molecule has 0 saturated carbocycles. The van der Waals surface area contributed by atoms with Gasteiger partial charge in [-0.2, -0.15) is 0 Å². The van der Waals surface area contributed by atoms with Gasteiger partial charge in [0.15, 0.2) is 0 Å². The Bertz CT molecular complexity index is 486. The smallest absolute Gasteiger partial charge is 0.226 e. The van der Waals surface area contributed by atoms with E-state index in [9.17, 15) is 9.18 Å². The lowest BCUT2D eigenvalue weighted by Crippen LogP contribution is -2.33. The van der Waals surface area contributed by atoms with Crippen LogP contribution in [0, 0.1) is 11.7 Å². The van der Waals surface area contributed by atoms with Crippen LogP contribution in [-0.2, 0) is 4.79 Å². The standard InChI is InChI=1S/C16H18FNO/c17-15-7-5-12(6-8-15)14-9-10-18(11-14)16(19)13-3-1-2-4-13/h1-2,5-8,13-14H,3-4,9-11H2. The van der Waals surface area contributed by atoms with Crippen molar-refractivity contribution < 1.29 is 9.18 Å². The summed E-state index contributed by atoms with van der Waals surface area (Å²) >= 11 is 0. The molecule has 1 heterocycles. The normalized spacial score (nSPS) is 23.2. The molecule has 1 saturated heterocycles. The second-order valence-electron chi connectivity index (χ2n) is 5.46. The van der Waals surface area contributed by atoms with Gasteiger partial charge >= 0.3 is 0 Å². The first-order chi connectivity index (χ1) is 9.24. The van der Waals surface area contributed by atoms with Gasteiger partial charge in [-0.15, -0.1) is 0 Å². The fourth-order valence-electron chi connectivity index (χ4n) is 3.04. The lowest BCUT2D eigenvalue weighted by atomic mass is 9.98. The van der Waals surface area contributed by atoms with E-state index in [0.717, 1.165) is 37.9 Å². The Morgan fingerprint density at radius 2 is 1.84 bits per heavy atom. The largest absolute Gasteiger partial charge is 0.342 e. The number of carbonyl (C=O) groups is 1. The molecule has 100 valence electrons. The number of benzene rings is 1. The van der Waals surface area contributed by atoms with Crippen molar-refractivity contribution in [3.63, 3.8) is 0 Å². The molecule has 2 aliphatic rings. The molecule has 0 aromatic heterocycles. The minimum absolute atomic E-state index is 0.159. The number of hydrogen-bond acceptors (Lipinski definition) is 1. The molecule has 0 radical (unpaired) electrons. The number of rotatable bonds is 2. The van der Waals surface area contributed by atoms with Crippen LogP contribution in [0.5, 0.6) is 0 Å². The zero-order valence-electron chi connectivity index (χ0n) is 10.9. The molecule has 0 N–H and O–H groups in total. The summed E-state index contributed by atoms with van der Waals surface area (Å²) in [4.78, 5) is 14.3. The topological polar surface area (TPSA) is 20.3 Å². The third-order valence-electron chi connectivity index (χ3n) is 4.20. The first-order valence-corrected chi connectivity index (χ1v) is 6.93. The van der Waals surface area contributed by atoms with Crippen LogP contribution in [0.25, 0.3) is 0 Å². The maximum Gasteiger partial charge on any atom is 0.226 e. The molecule has 1 fully saturated rings. The molecule has 1 aromatic carbocycles. The van der Waals surface area contributed by atoms with Gasteiger partial charge in [0.05, 0.1) is 0 Å². The van der Waals surface area contributed by atoms with Gasteiger partial charge < -0.3 is 4.90 Å². The Balaban J connectivity index is 1.63. The van der Waals surface area contributed by atoms with E-state index in [1.807, 2.05) is 17.0 Å². The van der Waals surface area contributed by atoms with Crippen molar-refractivity contribution in [3.8, 4) is 0 Å². The van der Waals surface area contributed by atoms with Gasteiger partial charge in [-0.3, -0.25) is 4.79 Å². The lowest BCUT2D eigenvalue weighted by Gasteiger charge is -2.20. The Hall–Kier alpha value is -1.64.